The lowest BCUT2D eigenvalue weighted by molar-refractivity contribution is 0.297. The molecule has 1 heterocycles. The standard InChI is InChI=1S/C16H19NO3S/c17-11-12-4-1-2-5-16(12)21(18)13-6-7-14-15(10-13)20-9-3-8-19-14/h6-7,10,12,16H,1-5,8-9H2. The molecule has 1 aromatic rings. The van der Waals surface area contributed by atoms with Crippen molar-refractivity contribution in [3.63, 3.8) is 0 Å². The maximum absolute atomic E-state index is 12.8. The van der Waals surface area contributed by atoms with E-state index in [4.69, 9.17) is 9.47 Å². The molecule has 0 amide bonds. The van der Waals surface area contributed by atoms with Crippen molar-refractivity contribution < 1.29 is 13.7 Å². The van der Waals surface area contributed by atoms with Crippen molar-refractivity contribution in [3.05, 3.63) is 18.2 Å². The van der Waals surface area contributed by atoms with Crippen LogP contribution < -0.4 is 9.47 Å². The zero-order valence-electron chi connectivity index (χ0n) is 11.9. The maximum Gasteiger partial charge on any atom is 0.162 e. The molecule has 0 radical (unpaired) electrons. The van der Waals surface area contributed by atoms with Gasteiger partial charge in [-0.25, -0.2) is 0 Å². The Hall–Kier alpha value is -1.54. The predicted octanol–water partition coefficient (Wildman–Crippen LogP) is 3.04. The highest BCUT2D eigenvalue weighted by Crippen LogP contribution is 2.35. The summed E-state index contributed by atoms with van der Waals surface area (Å²) in [6.45, 7) is 1.27. The fourth-order valence-electron chi connectivity index (χ4n) is 2.94. The van der Waals surface area contributed by atoms with E-state index in [1.54, 1.807) is 0 Å². The highest BCUT2D eigenvalue weighted by Gasteiger charge is 2.31. The minimum Gasteiger partial charge on any atom is -0.490 e. The molecular formula is C16H19NO3S. The molecule has 3 unspecified atom stereocenters. The minimum absolute atomic E-state index is 0.0616. The van der Waals surface area contributed by atoms with Crippen molar-refractivity contribution in [3.8, 4) is 17.6 Å². The Bertz CT molecular complexity index is 581. The van der Waals surface area contributed by atoms with Gasteiger partial charge in [-0.2, -0.15) is 5.26 Å². The van der Waals surface area contributed by atoms with Gasteiger partial charge in [-0.05, 0) is 25.0 Å². The smallest absolute Gasteiger partial charge is 0.162 e. The summed E-state index contributed by atoms with van der Waals surface area (Å²) in [5.74, 6) is 1.28. The van der Waals surface area contributed by atoms with Crippen LogP contribution in [0.4, 0.5) is 0 Å². The lowest BCUT2D eigenvalue weighted by atomic mass is 9.90. The Balaban J connectivity index is 1.84. The summed E-state index contributed by atoms with van der Waals surface area (Å²) in [6, 6.07) is 7.82. The largest absolute Gasteiger partial charge is 0.490 e. The summed E-state index contributed by atoms with van der Waals surface area (Å²) in [7, 11) is -1.16. The quantitative estimate of drug-likeness (QED) is 0.842. The van der Waals surface area contributed by atoms with Crippen LogP contribution in [0, 0.1) is 17.2 Å². The minimum atomic E-state index is -1.16. The summed E-state index contributed by atoms with van der Waals surface area (Å²) in [4.78, 5) is 0.742. The van der Waals surface area contributed by atoms with Crippen molar-refractivity contribution in [1.29, 1.82) is 5.26 Å². The molecule has 1 aromatic carbocycles. The zero-order chi connectivity index (χ0) is 14.7. The van der Waals surface area contributed by atoms with E-state index < -0.39 is 10.8 Å². The summed E-state index contributed by atoms with van der Waals surface area (Å²) >= 11 is 0. The number of rotatable bonds is 2. The number of nitriles is 1. The molecule has 0 spiro atoms. The zero-order valence-corrected chi connectivity index (χ0v) is 12.7. The van der Waals surface area contributed by atoms with Gasteiger partial charge in [0, 0.05) is 17.4 Å². The molecule has 21 heavy (non-hydrogen) atoms. The van der Waals surface area contributed by atoms with Crippen LogP contribution in [0.15, 0.2) is 23.1 Å². The number of benzene rings is 1. The number of hydrogen-bond acceptors (Lipinski definition) is 4. The Morgan fingerprint density at radius 3 is 2.67 bits per heavy atom. The van der Waals surface area contributed by atoms with Gasteiger partial charge >= 0.3 is 0 Å². The van der Waals surface area contributed by atoms with Crippen LogP contribution in [0.5, 0.6) is 11.5 Å². The summed E-state index contributed by atoms with van der Waals surface area (Å²) < 4.78 is 24.1. The summed E-state index contributed by atoms with van der Waals surface area (Å²) in [6.07, 6.45) is 4.69. The molecule has 3 atom stereocenters. The van der Waals surface area contributed by atoms with E-state index in [1.165, 1.54) is 0 Å². The second-order valence-electron chi connectivity index (χ2n) is 5.51. The molecular weight excluding hydrogens is 286 g/mol. The van der Waals surface area contributed by atoms with Gasteiger partial charge < -0.3 is 9.47 Å². The average Bonchev–Trinajstić information content (AvgIpc) is 2.78. The predicted molar refractivity (Wildman–Crippen MR) is 79.8 cm³/mol. The van der Waals surface area contributed by atoms with Gasteiger partial charge in [-0.15, -0.1) is 0 Å². The molecule has 1 fully saturated rings. The fourth-order valence-corrected chi connectivity index (χ4v) is 4.60. The highest BCUT2D eigenvalue weighted by atomic mass is 32.2. The van der Waals surface area contributed by atoms with Crippen molar-refractivity contribution in [2.45, 2.75) is 42.2 Å². The van der Waals surface area contributed by atoms with Crippen molar-refractivity contribution in [2.75, 3.05) is 13.2 Å². The van der Waals surface area contributed by atoms with E-state index in [0.29, 0.717) is 24.7 Å². The van der Waals surface area contributed by atoms with E-state index in [0.717, 1.165) is 37.0 Å². The Morgan fingerprint density at radius 1 is 1.10 bits per heavy atom. The first-order valence-corrected chi connectivity index (χ1v) is 8.71. The van der Waals surface area contributed by atoms with Gasteiger partial charge in [0.2, 0.25) is 0 Å². The fraction of sp³-hybridized carbons (Fsp3) is 0.562. The molecule has 0 N–H and O–H groups in total. The molecule has 112 valence electrons. The van der Waals surface area contributed by atoms with Crippen LogP contribution in [0.1, 0.15) is 32.1 Å². The third kappa shape index (κ3) is 3.06. The maximum atomic E-state index is 12.8. The lowest BCUT2D eigenvalue weighted by Gasteiger charge is -2.26. The van der Waals surface area contributed by atoms with Gasteiger partial charge in [-0.1, -0.05) is 12.8 Å². The average molecular weight is 305 g/mol. The number of hydrogen-bond donors (Lipinski definition) is 0. The molecule has 5 heteroatoms. The normalized spacial score (nSPS) is 26.4. The van der Waals surface area contributed by atoms with Crippen molar-refractivity contribution in [2.24, 2.45) is 5.92 Å². The Morgan fingerprint density at radius 2 is 1.86 bits per heavy atom. The topological polar surface area (TPSA) is 59.3 Å². The van der Waals surface area contributed by atoms with Gasteiger partial charge in [0.25, 0.3) is 0 Å². The molecule has 1 aliphatic heterocycles. The molecule has 3 rings (SSSR count). The van der Waals surface area contributed by atoms with Crippen LogP contribution in [0.2, 0.25) is 0 Å². The van der Waals surface area contributed by atoms with Crippen molar-refractivity contribution in [1.82, 2.24) is 0 Å². The molecule has 1 saturated carbocycles. The van der Waals surface area contributed by atoms with Crippen molar-refractivity contribution >= 4 is 10.8 Å². The van der Waals surface area contributed by atoms with Crippen LogP contribution in [0.25, 0.3) is 0 Å². The third-order valence-electron chi connectivity index (χ3n) is 4.09. The second-order valence-corrected chi connectivity index (χ2v) is 7.19. The van der Waals surface area contributed by atoms with E-state index in [1.807, 2.05) is 18.2 Å². The monoisotopic (exact) mass is 305 g/mol. The summed E-state index contributed by atoms with van der Waals surface area (Å²) in [5, 5.41) is 9.20. The second kappa shape index (κ2) is 6.48. The Labute approximate surface area is 127 Å². The SMILES string of the molecule is N#CC1CCCCC1S(=O)c1ccc2c(c1)OCCCO2. The van der Waals surface area contributed by atoms with Crippen LogP contribution in [-0.2, 0) is 10.8 Å². The molecule has 4 nitrogen and oxygen atoms in total. The van der Waals surface area contributed by atoms with Gasteiger partial charge in [0.1, 0.15) is 0 Å². The molecule has 0 bridgehead atoms. The number of nitrogens with zero attached hydrogens (tertiary/aromatic N) is 1. The van der Waals surface area contributed by atoms with E-state index in [9.17, 15) is 9.47 Å². The molecule has 0 aromatic heterocycles. The lowest BCUT2D eigenvalue weighted by Crippen LogP contribution is -2.28. The van der Waals surface area contributed by atoms with Crippen LogP contribution in [-0.4, -0.2) is 22.7 Å². The Kier molecular flexibility index (Phi) is 4.45. The first-order chi connectivity index (χ1) is 10.3. The third-order valence-corrected chi connectivity index (χ3v) is 5.93. The molecule has 1 aliphatic carbocycles. The van der Waals surface area contributed by atoms with E-state index >= 15 is 0 Å². The first-order valence-electron chi connectivity index (χ1n) is 7.49. The van der Waals surface area contributed by atoms with Crippen LogP contribution in [0.3, 0.4) is 0 Å². The number of fused-ring (bicyclic) bond motifs is 1. The van der Waals surface area contributed by atoms with Crippen LogP contribution >= 0.6 is 0 Å². The van der Waals surface area contributed by atoms with E-state index in [-0.39, 0.29) is 11.2 Å². The summed E-state index contributed by atoms with van der Waals surface area (Å²) in [5.41, 5.74) is 0. The van der Waals surface area contributed by atoms with E-state index in [2.05, 4.69) is 6.07 Å². The number of ether oxygens (including phenoxy) is 2. The van der Waals surface area contributed by atoms with Gasteiger partial charge in [0.15, 0.2) is 11.5 Å². The van der Waals surface area contributed by atoms with Gasteiger partial charge in [-0.3, -0.25) is 4.21 Å². The molecule has 2 aliphatic rings. The first kappa shape index (κ1) is 14.4. The van der Waals surface area contributed by atoms with Gasteiger partial charge in [0.05, 0.1) is 41.3 Å². The molecule has 0 saturated heterocycles. The highest BCUT2D eigenvalue weighted by molar-refractivity contribution is 7.85.